The summed E-state index contributed by atoms with van der Waals surface area (Å²) in [5.41, 5.74) is 2.37. The topological polar surface area (TPSA) is 55.4 Å². The van der Waals surface area contributed by atoms with Gasteiger partial charge in [-0.25, -0.2) is 4.79 Å². The van der Waals surface area contributed by atoms with Crippen LogP contribution in [0.25, 0.3) is 0 Å². The summed E-state index contributed by atoms with van der Waals surface area (Å²) in [4.78, 5) is 23.8. The molecule has 0 saturated carbocycles. The van der Waals surface area contributed by atoms with Gasteiger partial charge < -0.3 is 10.1 Å². The van der Waals surface area contributed by atoms with E-state index < -0.39 is 5.97 Å². The van der Waals surface area contributed by atoms with Gasteiger partial charge in [0.05, 0.1) is 23.4 Å². The van der Waals surface area contributed by atoms with E-state index >= 15 is 0 Å². The number of esters is 1. The van der Waals surface area contributed by atoms with Gasteiger partial charge in [0.25, 0.3) is 5.91 Å². The third-order valence-corrected chi connectivity index (χ3v) is 3.59. The molecule has 0 atom stereocenters. The molecule has 0 fully saturated rings. The fraction of sp³-hybridized carbons (Fsp3) is 0.176. The molecule has 0 radical (unpaired) electrons. The lowest BCUT2D eigenvalue weighted by atomic mass is 10.1. The lowest BCUT2D eigenvalue weighted by molar-refractivity contribution is 0.0600. The highest BCUT2D eigenvalue weighted by atomic mass is 35.5. The summed E-state index contributed by atoms with van der Waals surface area (Å²) in [6.07, 6.45) is 0.912. The van der Waals surface area contributed by atoms with Gasteiger partial charge in [0, 0.05) is 5.56 Å². The van der Waals surface area contributed by atoms with E-state index in [-0.39, 0.29) is 5.91 Å². The highest BCUT2D eigenvalue weighted by molar-refractivity contribution is 6.34. The van der Waals surface area contributed by atoms with Gasteiger partial charge in [-0.15, -0.1) is 0 Å². The van der Waals surface area contributed by atoms with Gasteiger partial charge in [-0.2, -0.15) is 0 Å². The zero-order chi connectivity index (χ0) is 16.1. The molecule has 1 N–H and O–H groups in total. The molecule has 0 aliphatic rings. The van der Waals surface area contributed by atoms with E-state index in [1.807, 2.05) is 19.1 Å². The van der Waals surface area contributed by atoms with Gasteiger partial charge in [-0.1, -0.05) is 30.7 Å². The van der Waals surface area contributed by atoms with Crippen molar-refractivity contribution in [3.05, 3.63) is 64.2 Å². The molecule has 0 aliphatic carbocycles. The van der Waals surface area contributed by atoms with Crippen LogP contribution in [-0.4, -0.2) is 19.0 Å². The molecule has 22 heavy (non-hydrogen) atoms. The van der Waals surface area contributed by atoms with Crippen LogP contribution >= 0.6 is 11.6 Å². The number of amides is 1. The second-order valence-electron chi connectivity index (χ2n) is 4.69. The largest absolute Gasteiger partial charge is 0.465 e. The number of anilines is 1. The SMILES string of the molecule is CCc1ccc(C(=O)Nc2cc(C(=O)OC)ccc2Cl)cc1. The molecule has 0 unspecified atom stereocenters. The maximum atomic E-state index is 12.2. The molecule has 0 spiro atoms. The summed E-state index contributed by atoms with van der Waals surface area (Å²) >= 11 is 6.06. The molecular weight excluding hydrogens is 302 g/mol. The third kappa shape index (κ3) is 3.65. The number of nitrogens with one attached hydrogen (secondary N) is 1. The van der Waals surface area contributed by atoms with Gasteiger partial charge in [-0.05, 0) is 42.3 Å². The van der Waals surface area contributed by atoms with Crippen LogP contribution in [0.2, 0.25) is 5.02 Å². The van der Waals surface area contributed by atoms with Gasteiger partial charge in [0.1, 0.15) is 0 Å². The van der Waals surface area contributed by atoms with Crippen LogP contribution in [0.4, 0.5) is 5.69 Å². The standard InChI is InChI=1S/C17H16ClNO3/c1-3-11-4-6-12(7-5-11)16(20)19-15-10-13(17(21)22-2)8-9-14(15)18/h4-10H,3H2,1-2H3,(H,19,20). The Morgan fingerprint density at radius 1 is 1.09 bits per heavy atom. The van der Waals surface area contributed by atoms with Crippen LogP contribution < -0.4 is 5.32 Å². The molecule has 0 bridgehead atoms. The van der Waals surface area contributed by atoms with E-state index in [1.165, 1.54) is 13.2 Å². The Balaban J connectivity index is 2.21. The lowest BCUT2D eigenvalue weighted by Crippen LogP contribution is -2.13. The molecule has 0 aliphatic heterocycles. The number of ether oxygens (including phenoxy) is 1. The van der Waals surface area contributed by atoms with Crippen LogP contribution in [0.5, 0.6) is 0 Å². The Morgan fingerprint density at radius 2 is 1.73 bits per heavy atom. The number of aryl methyl sites for hydroxylation is 1. The maximum Gasteiger partial charge on any atom is 0.337 e. The first kappa shape index (κ1) is 16.0. The minimum atomic E-state index is -0.487. The summed E-state index contributed by atoms with van der Waals surface area (Å²) in [6.45, 7) is 2.05. The molecule has 2 aromatic carbocycles. The van der Waals surface area contributed by atoms with Crippen LogP contribution in [0, 0.1) is 0 Å². The van der Waals surface area contributed by atoms with Crippen molar-refractivity contribution < 1.29 is 14.3 Å². The second-order valence-corrected chi connectivity index (χ2v) is 5.10. The van der Waals surface area contributed by atoms with Crippen molar-refractivity contribution >= 4 is 29.2 Å². The van der Waals surface area contributed by atoms with Gasteiger partial charge in [0.15, 0.2) is 0 Å². The molecule has 2 aromatic rings. The van der Waals surface area contributed by atoms with E-state index in [1.54, 1.807) is 24.3 Å². The number of rotatable bonds is 4. The average molecular weight is 318 g/mol. The van der Waals surface area contributed by atoms with Crippen molar-refractivity contribution in [2.24, 2.45) is 0 Å². The zero-order valence-electron chi connectivity index (χ0n) is 12.4. The summed E-state index contributed by atoms with van der Waals surface area (Å²) in [5, 5.41) is 3.06. The predicted molar refractivity (Wildman–Crippen MR) is 86.6 cm³/mol. The van der Waals surface area contributed by atoms with E-state index in [2.05, 4.69) is 10.1 Å². The first-order valence-electron chi connectivity index (χ1n) is 6.83. The second kappa shape index (κ2) is 7.09. The van der Waals surface area contributed by atoms with Crippen molar-refractivity contribution in [1.29, 1.82) is 0 Å². The first-order valence-corrected chi connectivity index (χ1v) is 7.21. The van der Waals surface area contributed by atoms with Crippen LogP contribution in [-0.2, 0) is 11.2 Å². The van der Waals surface area contributed by atoms with Crippen molar-refractivity contribution in [1.82, 2.24) is 0 Å². The summed E-state index contributed by atoms with van der Waals surface area (Å²) in [6, 6.07) is 11.9. The molecule has 4 nitrogen and oxygen atoms in total. The predicted octanol–water partition coefficient (Wildman–Crippen LogP) is 3.94. The van der Waals surface area contributed by atoms with Crippen LogP contribution in [0.1, 0.15) is 33.2 Å². The fourth-order valence-corrected chi connectivity index (χ4v) is 2.12. The number of hydrogen-bond donors (Lipinski definition) is 1. The number of carbonyl (C=O) groups excluding carboxylic acids is 2. The minimum absolute atomic E-state index is 0.286. The Bertz CT molecular complexity index is 696. The van der Waals surface area contributed by atoms with Crippen molar-refractivity contribution in [2.45, 2.75) is 13.3 Å². The van der Waals surface area contributed by atoms with Crippen molar-refractivity contribution in [3.63, 3.8) is 0 Å². The van der Waals surface area contributed by atoms with E-state index in [0.717, 1.165) is 12.0 Å². The van der Waals surface area contributed by atoms with Crippen LogP contribution in [0.15, 0.2) is 42.5 Å². The Hall–Kier alpha value is -2.33. The third-order valence-electron chi connectivity index (χ3n) is 3.26. The Kier molecular flexibility index (Phi) is 5.17. The quantitative estimate of drug-likeness (QED) is 0.869. The molecule has 114 valence electrons. The monoisotopic (exact) mass is 317 g/mol. The lowest BCUT2D eigenvalue weighted by Gasteiger charge is -2.09. The zero-order valence-corrected chi connectivity index (χ0v) is 13.1. The number of carbonyl (C=O) groups is 2. The van der Waals surface area contributed by atoms with Gasteiger partial charge >= 0.3 is 5.97 Å². The van der Waals surface area contributed by atoms with E-state index in [9.17, 15) is 9.59 Å². The molecule has 0 heterocycles. The van der Waals surface area contributed by atoms with Gasteiger partial charge in [-0.3, -0.25) is 4.79 Å². The minimum Gasteiger partial charge on any atom is -0.465 e. The average Bonchev–Trinajstić information content (AvgIpc) is 2.56. The molecule has 2 rings (SSSR count). The van der Waals surface area contributed by atoms with E-state index in [0.29, 0.717) is 21.8 Å². The number of hydrogen-bond acceptors (Lipinski definition) is 3. The maximum absolute atomic E-state index is 12.2. The molecule has 5 heteroatoms. The highest BCUT2D eigenvalue weighted by Gasteiger charge is 2.12. The first-order chi connectivity index (χ1) is 10.5. The normalized spacial score (nSPS) is 10.1. The Labute approximate surface area is 134 Å². The molecular formula is C17H16ClNO3. The van der Waals surface area contributed by atoms with Crippen molar-refractivity contribution in [2.75, 3.05) is 12.4 Å². The Morgan fingerprint density at radius 3 is 2.32 bits per heavy atom. The molecule has 1 amide bonds. The molecule has 0 saturated heterocycles. The number of methoxy groups -OCH3 is 1. The van der Waals surface area contributed by atoms with E-state index in [4.69, 9.17) is 11.6 Å². The summed E-state index contributed by atoms with van der Waals surface area (Å²) in [5.74, 6) is -0.772. The van der Waals surface area contributed by atoms with Gasteiger partial charge in [0.2, 0.25) is 0 Å². The summed E-state index contributed by atoms with van der Waals surface area (Å²) < 4.78 is 4.65. The summed E-state index contributed by atoms with van der Waals surface area (Å²) in [7, 11) is 1.30. The molecule has 0 aromatic heterocycles. The van der Waals surface area contributed by atoms with Crippen LogP contribution in [0.3, 0.4) is 0 Å². The number of halogens is 1. The number of benzene rings is 2. The van der Waals surface area contributed by atoms with Crippen molar-refractivity contribution in [3.8, 4) is 0 Å². The highest BCUT2D eigenvalue weighted by Crippen LogP contribution is 2.24. The smallest absolute Gasteiger partial charge is 0.337 e. The fourth-order valence-electron chi connectivity index (χ4n) is 1.95.